The van der Waals surface area contributed by atoms with Crippen molar-refractivity contribution in [3.05, 3.63) is 70.9 Å². The minimum atomic E-state index is -0.421. The second kappa shape index (κ2) is 9.78. The number of anilines is 1. The smallest absolute Gasteiger partial charge is 0.266 e. The van der Waals surface area contributed by atoms with E-state index in [1.807, 2.05) is 18.2 Å². The summed E-state index contributed by atoms with van der Waals surface area (Å²) >= 11 is 6.36. The number of halogens is 1. The summed E-state index contributed by atoms with van der Waals surface area (Å²) in [6, 6.07) is 15.2. The Morgan fingerprint density at radius 3 is 2.55 bits per heavy atom. The Morgan fingerprint density at radius 1 is 1.17 bits per heavy atom. The summed E-state index contributed by atoms with van der Waals surface area (Å²) in [5.41, 5.74) is 0.985. The van der Waals surface area contributed by atoms with Gasteiger partial charge in [-0.25, -0.2) is 4.39 Å². The van der Waals surface area contributed by atoms with E-state index < -0.39 is 5.82 Å². The number of hydrogen-bond donors (Lipinski definition) is 1. The monoisotopic (exact) mass is 430 g/mol. The number of aliphatic hydroxyl groups is 1. The first-order valence-electron chi connectivity index (χ1n) is 8.97. The first-order chi connectivity index (χ1) is 14.0. The summed E-state index contributed by atoms with van der Waals surface area (Å²) in [7, 11) is 0. The topological polar surface area (TPSA) is 60.9 Å². The molecule has 0 radical (unpaired) electrons. The second-order valence-electron chi connectivity index (χ2n) is 6.21. The van der Waals surface area contributed by atoms with Crippen LogP contribution in [0.15, 0.2) is 59.5 Å². The van der Waals surface area contributed by atoms with Gasteiger partial charge in [0.15, 0.2) is 0 Å². The van der Waals surface area contributed by atoms with Crippen LogP contribution in [0.25, 0.3) is 6.08 Å². The van der Waals surface area contributed by atoms with Crippen LogP contribution in [0, 0.1) is 5.82 Å². The molecule has 1 saturated heterocycles. The van der Waals surface area contributed by atoms with Crippen LogP contribution in [0.3, 0.4) is 0 Å². The molecule has 3 rings (SSSR count). The van der Waals surface area contributed by atoms with E-state index in [-0.39, 0.29) is 37.9 Å². The molecule has 0 atom stereocenters. The van der Waals surface area contributed by atoms with Crippen molar-refractivity contribution >= 4 is 51.9 Å². The summed E-state index contributed by atoms with van der Waals surface area (Å²) in [5, 5.41) is 9.29. The fourth-order valence-corrected chi connectivity index (χ4v) is 4.17. The van der Waals surface area contributed by atoms with Gasteiger partial charge in [-0.2, -0.15) is 0 Å². The summed E-state index contributed by atoms with van der Waals surface area (Å²) < 4.78 is 14.2. The van der Waals surface area contributed by atoms with Crippen molar-refractivity contribution in [2.75, 3.05) is 24.6 Å². The minimum Gasteiger partial charge on any atom is -0.395 e. The molecule has 0 aliphatic carbocycles. The van der Waals surface area contributed by atoms with Crippen molar-refractivity contribution in [3.8, 4) is 0 Å². The Morgan fingerprint density at radius 2 is 1.86 bits per heavy atom. The van der Waals surface area contributed by atoms with Crippen molar-refractivity contribution in [1.29, 1.82) is 0 Å². The van der Waals surface area contributed by atoms with E-state index in [1.54, 1.807) is 30.3 Å². The predicted molar refractivity (Wildman–Crippen MR) is 117 cm³/mol. The zero-order valence-electron chi connectivity index (χ0n) is 15.5. The zero-order chi connectivity index (χ0) is 20.8. The van der Waals surface area contributed by atoms with Gasteiger partial charge in [-0.15, -0.1) is 0 Å². The third-order valence-electron chi connectivity index (χ3n) is 4.31. The minimum absolute atomic E-state index is 0.0499. The number of carbonyl (C=O) groups excluding carboxylic acids is 2. The molecule has 1 fully saturated rings. The molecule has 29 heavy (non-hydrogen) atoms. The van der Waals surface area contributed by atoms with Gasteiger partial charge in [-0.3, -0.25) is 14.5 Å². The van der Waals surface area contributed by atoms with E-state index in [4.69, 9.17) is 12.2 Å². The fraction of sp³-hybridized carbons (Fsp3) is 0.190. The highest BCUT2D eigenvalue weighted by Gasteiger charge is 2.32. The van der Waals surface area contributed by atoms with Crippen LogP contribution in [-0.4, -0.2) is 45.8 Å². The number of thiocarbonyl (C=S) groups is 1. The third kappa shape index (κ3) is 5.09. The van der Waals surface area contributed by atoms with E-state index in [0.717, 1.165) is 11.8 Å². The van der Waals surface area contributed by atoms with E-state index >= 15 is 0 Å². The molecule has 1 aliphatic rings. The van der Waals surface area contributed by atoms with Crippen molar-refractivity contribution in [2.45, 2.75) is 6.42 Å². The van der Waals surface area contributed by atoms with Gasteiger partial charge in [0.1, 0.15) is 10.1 Å². The van der Waals surface area contributed by atoms with E-state index in [2.05, 4.69) is 0 Å². The van der Waals surface area contributed by atoms with Gasteiger partial charge in [0, 0.05) is 30.8 Å². The molecule has 0 unspecified atom stereocenters. The molecule has 0 spiro atoms. The number of nitrogens with zero attached hydrogens (tertiary/aromatic N) is 2. The third-order valence-corrected chi connectivity index (χ3v) is 5.68. The highest BCUT2D eigenvalue weighted by molar-refractivity contribution is 8.26. The molecule has 2 aromatic rings. The maximum atomic E-state index is 13.9. The van der Waals surface area contributed by atoms with Crippen LogP contribution in [0.5, 0.6) is 0 Å². The van der Waals surface area contributed by atoms with Crippen LogP contribution in [-0.2, 0) is 9.59 Å². The summed E-state index contributed by atoms with van der Waals surface area (Å²) in [5.74, 6) is -0.989. The SMILES string of the molecule is O=C1C(=Cc2ccccc2F)SC(=S)N1CCC(=O)N(CCO)c1ccccc1. The molecule has 5 nitrogen and oxygen atoms in total. The fourth-order valence-electron chi connectivity index (χ4n) is 2.87. The number of carbonyl (C=O) groups is 2. The Balaban J connectivity index is 1.68. The molecule has 2 amide bonds. The molecule has 0 bridgehead atoms. The Bertz CT molecular complexity index is 950. The van der Waals surface area contributed by atoms with Gasteiger partial charge in [0.05, 0.1) is 11.5 Å². The van der Waals surface area contributed by atoms with Crippen LogP contribution in [0.2, 0.25) is 0 Å². The molecular weight excluding hydrogens is 411 g/mol. The first kappa shape index (κ1) is 21.2. The quantitative estimate of drug-likeness (QED) is 0.539. The van der Waals surface area contributed by atoms with Gasteiger partial charge in [-0.05, 0) is 24.3 Å². The molecule has 0 saturated carbocycles. The summed E-state index contributed by atoms with van der Waals surface area (Å²) in [6.07, 6.45) is 1.52. The maximum Gasteiger partial charge on any atom is 0.266 e. The van der Waals surface area contributed by atoms with Gasteiger partial charge >= 0.3 is 0 Å². The van der Waals surface area contributed by atoms with Crippen molar-refractivity contribution in [3.63, 3.8) is 0 Å². The van der Waals surface area contributed by atoms with Crippen LogP contribution >= 0.6 is 24.0 Å². The Labute approximate surface area is 177 Å². The second-order valence-corrected chi connectivity index (χ2v) is 7.89. The summed E-state index contributed by atoms with van der Waals surface area (Å²) in [4.78, 5) is 28.5. The van der Waals surface area contributed by atoms with Crippen molar-refractivity contribution < 1.29 is 19.1 Å². The average Bonchev–Trinajstić information content (AvgIpc) is 2.99. The lowest BCUT2D eigenvalue weighted by molar-refractivity contribution is -0.123. The van der Waals surface area contributed by atoms with E-state index in [1.165, 1.54) is 21.9 Å². The van der Waals surface area contributed by atoms with Gasteiger partial charge in [0.25, 0.3) is 5.91 Å². The highest BCUT2D eigenvalue weighted by Crippen LogP contribution is 2.33. The number of benzene rings is 2. The largest absolute Gasteiger partial charge is 0.395 e. The first-order valence-corrected chi connectivity index (χ1v) is 10.2. The van der Waals surface area contributed by atoms with Gasteiger partial charge < -0.3 is 10.0 Å². The molecule has 150 valence electrons. The number of hydrogen-bond acceptors (Lipinski definition) is 5. The molecule has 1 N–H and O–H groups in total. The van der Waals surface area contributed by atoms with Crippen molar-refractivity contribution in [1.82, 2.24) is 4.90 Å². The number of aliphatic hydroxyl groups excluding tert-OH is 1. The Hall–Kier alpha value is -2.55. The van der Waals surface area contributed by atoms with Crippen LogP contribution in [0.1, 0.15) is 12.0 Å². The standard InChI is InChI=1S/C21H19FN2O3S2/c22-17-9-5-4-6-15(17)14-18-20(27)24(21(28)29-18)11-10-19(26)23(12-13-25)16-7-2-1-3-8-16/h1-9,14,25H,10-13H2. The lowest BCUT2D eigenvalue weighted by atomic mass is 10.2. The molecule has 8 heteroatoms. The van der Waals surface area contributed by atoms with Crippen LogP contribution < -0.4 is 4.90 Å². The number of para-hydroxylation sites is 1. The van der Waals surface area contributed by atoms with E-state index in [0.29, 0.717) is 20.5 Å². The van der Waals surface area contributed by atoms with Crippen LogP contribution in [0.4, 0.5) is 10.1 Å². The number of thioether (sulfide) groups is 1. The van der Waals surface area contributed by atoms with Crippen molar-refractivity contribution in [2.24, 2.45) is 0 Å². The molecule has 1 aliphatic heterocycles. The summed E-state index contributed by atoms with van der Waals surface area (Å²) in [6.45, 7) is 0.106. The lowest BCUT2D eigenvalue weighted by Crippen LogP contribution is -2.37. The normalized spacial score (nSPS) is 15.2. The molecule has 2 aromatic carbocycles. The van der Waals surface area contributed by atoms with Gasteiger partial charge in [0.2, 0.25) is 5.91 Å². The zero-order valence-corrected chi connectivity index (χ0v) is 17.1. The average molecular weight is 431 g/mol. The van der Waals surface area contributed by atoms with E-state index in [9.17, 15) is 19.1 Å². The highest BCUT2D eigenvalue weighted by atomic mass is 32.2. The molecule has 1 heterocycles. The molecule has 0 aromatic heterocycles. The van der Waals surface area contributed by atoms with Gasteiger partial charge in [-0.1, -0.05) is 60.4 Å². The predicted octanol–water partition coefficient (Wildman–Crippen LogP) is 3.44. The Kier molecular flexibility index (Phi) is 7.13. The molecular formula is C21H19FN2O3S2. The number of rotatable bonds is 7. The maximum absolute atomic E-state index is 13.9. The number of amides is 2. The lowest BCUT2D eigenvalue weighted by Gasteiger charge is -2.23.